The SMILES string of the molecule is COc1ccc2c(c1)c(CC(=O)O)c(C)n2C(=O)c1ccc(Cl)cc1.Clc1cccc(Cl)c1N=C1NCCN1. The van der Waals surface area contributed by atoms with Crippen molar-refractivity contribution in [3.63, 3.8) is 0 Å². The first-order valence-corrected chi connectivity index (χ1v) is 13.0. The Morgan fingerprint density at radius 1 is 1.00 bits per heavy atom. The minimum absolute atomic E-state index is 0.170. The Kier molecular flexibility index (Phi) is 9.01. The number of guanidine groups is 1. The number of methoxy groups -OCH3 is 1. The number of ether oxygens (including phenoxy) is 1. The van der Waals surface area contributed by atoms with Crippen LogP contribution in [-0.4, -0.2) is 47.7 Å². The van der Waals surface area contributed by atoms with Crippen molar-refractivity contribution in [1.29, 1.82) is 0 Å². The largest absolute Gasteiger partial charge is 0.497 e. The lowest BCUT2D eigenvalue weighted by Crippen LogP contribution is -2.23. The van der Waals surface area contributed by atoms with Gasteiger partial charge >= 0.3 is 5.97 Å². The summed E-state index contributed by atoms with van der Waals surface area (Å²) in [7, 11) is 1.54. The number of aliphatic imine (C=N–C) groups is 1. The van der Waals surface area contributed by atoms with E-state index in [0.29, 0.717) is 54.2 Å². The van der Waals surface area contributed by atoms with Crippen molar-refractivity contribution in [1.82, 2.24) is 15.2 Å². The van der Waals surface area contributed by atoms with Crippen LogP contribution in [0, 0.1) is 6.92 Å². The monoisotopic (exact) mass is 586 g/mol. The molecule has 2 heterocycles. The van der Waals surface area contributed by atoms with Crippen molar-refractivity contribution >= 4 is 69.2 Å². The highest BCUT2D eigenvalue weighted by molar-refractivity contribution is 6.38. The first-order valence-electron chi connectivity index (χ1n) is 11.9. The number of carboxylic acid groups (broad SMARTS) is 1. The van der Waals surface area contributed by atoms with Gasteiger partial charge in [-0.3, -0.25) is 14.2 Å². The van der Waals surface area contributed by atoms with Crippen LogP contribution in [0.25, 0.3) is 10.9 Å². The summed E-state index contributed by atoms with van der Waals surface area (Å²) in [6.45, 7) is 3.50. The van der Waals surface area contributed by atoms with Crippen molar-refractivity contribution < 1.29 is 19.4 Å². The number of halogens is 3. The summed E-state index contributed by atoms with van der Waals surface area (Å²) in [5.74, 6) is 0.139. The Balaban J connectivity index is 0.000000212. The molecule has 0 bridgehead atoms. The van der Waals surface area contributed by atoms with Crippen LogP contribution < -0.4 is 15.4 Å². The number of aliphatic carboxylic acids is 1. The van der Waals surface area contributed by atoms with Crippen molar-refractivity contribution in [2.24, 2.45) is 4.99 Å². The van der Waals surface area contributed by atoms with Gasteiger partial charge in [0.25, 0.3) is 5.91 Å². The van der Waals surface area contributed by atoms with Gasteiger partial charge in [0.05, 0.1) is 29.1 Å². The first-order chi connectivity index (χ1) is 18.7. The predicted octanol–water partition coefficient (Wildman–Crippen LogP) is 6.10. The summed E-state index contributed by atoms with van der Waals surface area (Å²) < 4.78 is 6.77. The molecule has 1 aromatic heterocycles. The van der Waals surface area contributed by atoms with Gasteiger partial charge in [-0.25, -0.2) is 4.99 Å². The molecule has 0 atom stereocenters. The summed E-state index contributed by atoms with van der Waals surface area (Å²) in [6.07, 6.45) is -0.170. The molecule has 3 aromatic carbocycles. The Bertz CT molecular complexity index is 1540. The third-order valence-electron chi connectivity index (χ3n) is 6.04. The first kappa shape index (κ1) is 28.3. The minimum Gasteiger partial charge on any atom is -0.497 e. The van der Waals surface area contributed by atoms with Crippen LogP contribution in [0.4, 0.5) is 5.69 Å². The third-order valence-corrected chi connectivity index (χ3v) is 6.90. The summed E-state index contributed by atoms with van der Waals surface area (Å²) in [5.41, 5.74) is 2.93. The Labute approximate surface area is 240 Å². The maximum absolute atomic E-state index is 13.0. The van der Waals surface area contributed by atoms with E-state index in [0.717, 1.165) is 19.0 Å². The molecule has 1 saturated heterocycles. The molecule has 0 saturated carbocycles. The van der Waals surface area contributed by atoms with E-state index in [9.17, 15) is 14.7 Å². The highest BCUT2D eigenvalue weighted by Crippen LogP contribution is 2.33. The van der Waals surface area contributed by atoms with E-state index in [1.165, 1.54) is 4.57 Å². The lowest BCUT2D eigenvalue weighted by molar-refractivity contribution is -0.136. The molecular weight excluding hydrogens is 563 g/mol. The molecule has 202 valence electrons. The van der Waals surface area contributed by atoms with Gasteiger partial charge in [-0.2, -0.15) is 0 Å². The summed E-state index contributed by atoms with van der Waals surface area (Å²) in [5, 5.41) is 17.7. The topological polar surface area (TPSA) is 105 Å². The van der Waals surface area contributed by atoms with Gasteiger partial charge in [0.2, 0.25) is 0 Å². The van der Waals surface area contributed by atoms with Gasteiger partial charge < -0.3 is 20.5 Å². The molecule has 0 radical (unpaired) electrons. The van der Waals surface area contributed by atoms with E-state index in [1.807, 2.05) is 0 Å². The Morgan fingerprint density at radius 3 is 2.23 bits per heavy atom. The molecule has 1 aliphatic rings. The lowest BCUT2D eigenvalue weighted by atomic mass is 10.1. The number of carbonyl (C=O) groups excluding carboxylic acids is 1. The van der Waals surface area contributed by atoms with Crippen molar-refractivity contribution in [2.75, 3.05) is 20.2 Å². The standard InChI is InChI=1S/C19H16ClNO4.C9H9Cl2N3/c1-11-15(10-18(22)23)16-9-14(25-2)7-8-17(16)21(11)19(24)12-3-5-13(20)6-4-12;10-6-2-1-3-7(11)8(6)14-9-12-4-5-13-9/h3-9H,10H2,1-2H3,(H,22,23);1-3H,4-5H2,(H2,12,13,14). The van der Waals surface area contributed by atoms with Crippen LogP contribution in [0.15, 0.2) is 65.7 Å². The Morgan fingerprint density at radius 2 is 1.64 bits per heavy atom. The second kappa shape index (κ2) is 12.4. The highest BCUT2D eigenvalue weighted by Gasteiger charge is 2.21. The molecule has 8 nitrogen and oxygen atoms in total. The molecule has 11 heteroatoms. The number of hydrogen-bond acceptors (Lipinski definition) is 4. The third kappa shape index (κ3) is 6.47. The number of rotatable bonds is 5. The number of hydrogen-bond donors (Lipinski definition) is 3. The maximum Gasteiger partial charge on any atom is 0.307 e. The van der Waals surface area contributed by atoms with Crippen molar-refractivity contribution in [3.8, 4) is 5.75 Å². The van der Waals surface area contributed by atoms with Crippen molar-refractivity contribution in [3.05, 3.63) is 92.6 Å². The highest BCUT2D eigenvalue weighted by atomic mass is 35.5. The Hall–Kier alpha value is -3.72. The van der Waals surface area contributed by atoms with E-state index >= 15 is 0 Å². The smallest absolute Gasteiger partial charge is 0.307 e. The number of aromatic nitrogens is 1. The maximum atomic E-state index is 13.0. The fourth-order valence-electron chi connectivity index (χ4n) is 4.16. The molecular formula is C28H25Cl3N4O4. The molecule has 1 aliphatic heterocycles. The van der Waals surface area contributed by atoms with Crippen LogP contribution in [0.2, 0.25) is 15.1 Å². The van der Waals surface area contributed by atoms with E-state index in [4.69, 9.17) is 39.5 Å². The van der Waals surface area contributed by atoms with Gasteiger partial charge in [0, 0.05) is 34.8 Å². The van der Waals surface area contributed by atoms with E-state index in [2.05, 4.69) is 15.6 Å². The average Bonchev–Trinajstić information content (AvgIpc) is 3.52. The second-order valence-corrected chi connectivity index (χ2v) is 9.80. The van der Waals surface area contributed by atoms with Crippen molar-refractivity contribution in [2.45, 2.75) is 13.3 Å². The molecule has 0 unspecified atom stereocenters. The molecule has 0 amide bonds. The molecule has 5 rings (SSSR count). The summed E-state index contributed by atoms with van der Waals surface area (Å²) in [6, 6.07) is 17.2. The average molecular weight is 588 g/mol. The summed E-state index contributed by atoms with van der Waals surface area (Å²) >= 11 is 17.8. The normalized spacial score (nSPS) is 12.3. The van der Waals surface area contributed by atoms with E-state index < -0.39 is 5.97 Å². The molecule has 3 N–H and O–H groups in total. The van der Waals surface area contributed by atoms with Gasteiger partial charge in [-0.15, -0.1) is 0 Å². The fraction of sp³-hybridized carbons (Fsp3) is 0.179. The molecule has 0 spiro atoms. The minimum atomic E-state index is -0.955. The van der Waals surface area contributed by atoms with Gasteiger partial charge in [-0.1, -0.05) is 40.9 Å². The molecule has 1 fully saturated rings. The number of benzene rings is 3. The number of carboxylic acids is 1. The number of para-hydroxylation sites is 1. The lowest BCUT2D eigenvalue weighted by Gasteiger charge is -2.08. The molecule has 0 aliphatic carbocycles. The number of nitrogens with zero attached hydrogens (tertiary/aromatic N) is 2. The fourth-order valence-corrected chi connectivity index (χ4v) is 4.77. The number of nitrogens with one attached hydrogen (secondary N) is 2. The van der Waals surface area contributed by atoms with Gasteiger partial charge in [-0.05, 0) is 67.1 Å². The molecule has 39 heavy (non-hydrogen) atoms. The van der Waals surface area contributed by atoms with E-state index in [-0.39, 0.29) is 12.3 Å². The quantitative estimate of drug-likeness (QED) is 0.261. The second-order valence-electron chi connectivity index (χ2n) is 8.55. The number of carbonyl (C=O) groups is 2. The van der Waals surface area contributed by atoms with Crippen LogP contribution in [0.5, 0.6) is 5.75 Å². The van der Waals surface area contributed by atoms with E-state index in [1.54, 1.807) is 74.7 Å². The number of fused-ring (bicyclic) bond motifs is 1. The predicted molar refractivity (Wildman–Crippen MR) is 155 cm³/mol. The van der Waals surface area contributed by atoms with Crippen LogP contribution in [0.3, 0.4) is 0 Å². The van der Waals surface area contributed by atoms with Crippen LogP contribution >= 0.6 is 34.8 Å². The van der Waals surface area contributed by atoms with Crippen LogP contribution in [0.1, 0.15) is 21.6 Å². The van der Waals surface area contributed by atoms with Gasteiger partial charge in [0.1, 0.15) is 11.4 Å². The zero-order valence-corrected chi connectivity index (χ0v) is 23.4. The van der Waals surface area contributed by atoms with Gasteiger partial charge in [0.15, 0.2) is 5.96 Å². The zero-order chi connectivity index (χ0) is 28.1. The summed E-state index contributed by atoms with van der Waals surface area (Å²) in [4.78, 5) is 28.5. The zero-order valence-electron chi connectivity index (χ0n) is 21.1. The molecule has 4 aromatic rings. The van der Waals surface area contributed by atoms with Crippen LogP contribution in [-0.2, 0) is 11.2 Å².